The van der Waals surface area contributed by atoms with Crippen LogP contribution in [0.2, 0.25) is 0 Å². The molecule has 2 N–H and O–H groups in total. The highest BCUT2D eigenvalue weighted by Gasteiger charge is 2.23. The van der Waals surface area contributed by atoms with E-state index in [2.05, 4.69) is 10.3 Å². The molecule has 0 unspecified atom stereocenters. The summed E-state index contributed by atoms with van der Waals surface area (Å²) in [5.41, 5.74) is 4.66. The van der Waals surface area contributed by atoms with Gasteiger partial charge in [0.15, 0.2) is 0 Å². The van der Waals surface area contributed by atoms with Gasteiger partial charge in [-0.25, -0.2) is 4.98 Å². The molecule has 1 amide bonds. The van der Waals surface area contributed by atoms with Crippen LogP contribution < -0.4 is 5.32 Å². The Bertz CT molecular complexity index is 1200. The summed E-state index contributed by atoms with van der Waals surface area (Å²) >= 11 is 5.45. The van der Waals surface area contributed by atoms with E-state index in [0.29, 0.717) is 22.5 Å². The summed E-state index contributed by atoms with van der Waals surface area (Å²) in [5.74, 6) is 0.175. The first-order valence-electron chi connectivity index (χ1n) is 9.51. The van der Waals surface area contributed by atoms with E-state index in [4.69, 9.17) is 16.6 Å². The Balaban J connectivity index is 1.76. The fraction of sp³-hybridized carbons (Fsp3) is 0.125. The number of phenols is 1. The first kappa shape index (κ1) is 19.8. The number of hydrogen-bond donors (Lipinski definition) is 2. The normalized spacial score (nSPS) is 13.3. The molecule has 6 heteroatoms. The highest BCUT2D eigenvalue weighted by atomic mass is 32.1. The van der Waals surface area contributed by atoms with Crippen molar-refractivity contribution in [1.82, 2.24) is 4.98 Å². The van der Waals surface area contributed by atoms with E-state index in [1.807, 2.05) is 55.5 Å². The average Bonchev–Trinajstić information content (AvgIpc) is 3.11. The second-order valence-electron chi connectivity index (χ2n) is 7.11. The molecule has 0 saturated carbocycles. The van der Waals surface area contributed by atoms with E-state index in [0.717, 1.165) is 16.7 Å². The molecule has 1 heterocycles. The smallest absolute Gasteiger partial charge is 0.233 e. The number of oxazole rings is 1. The number of aromatic nitrogens is 1. The maximum absolute atomic E-state index is 11.7. The molecule has 0 saturated heterocycles. The fourth-order valence-corrected chi connectivity index (χ4v) is 3.51. The maximum atomic E-state index is 11.7. The molecule has 5 nitrogen and oxygen atoms in total. The van der Waals surface area contributed by atoms with Crippen LogP contribution in [0.4, 0.5) is 5.88 Å². The summed E-state index contributed by atoms with van der Waals surface area (Å²) in [4.78, 5) is 16.9. The van der Waals surface area contributed by atoms with Crippen molar-refractivity contribution in [3.63, 3.8) is 0 Å². The van der Waals surface area contributed by atoms with Gasteiger partial charge in [0.2, 0.25) is 17.7 Å². The minimum absolute atomic E-state index is 0.0374. The van der Waals surface area contributed by atoms with E-state index in [-0.39, 0.29) is 23.4 Å². The summed E-state index contributed by atoms with van der Waals surface area (Å²) in [7, 11) is 0. The molecule has 150 valence electrons. The largest absolute Gasteiger partial charge is 0.507 e. The van der Waals surface area contributed by atoms with E-state index < -0.39 is 0 Å². The lowest BCUT2D eigenvalue weighted by molar-refractivity contribution is -0.114. The number of benzene rings is 2. The molecule has 1 aliphatic rings. The first-order chi connectivity index (χ1) is 14.4. The molecule has 0 aliphatic heterocycles. The highest BCUT2D eigenvalue weighted by molar-refractivity contribution is 7.81. The molecule has 3 aromatic rings. The van der Waals surface area contributed by atoms with Gasteiger partial charge in [0.25, 0.3) is 0 Å². The summed E-state index contributed by atoms with van der Waals surface area (Å²) < 4.78 is 5.83. The van der Waals surface area contributed by atoms with E-state index in [1.54, 1.807) is 12.1 Å². The van der Waals surface area contributed by atoms with Crippen LogP contribution in [0.3, 0.4) is 0 Å². The minimum atomic E-state index is -0.282. The van der Waals surface area contributed by atoms with Crippen LogP contribution in [-0.4, -0.2) is 20.9 Å². The Morgan fingerprint density at radius 1 is 1.17 bits per heavy atom. The molecular formula is C24H20N2O3S. The molecule has 0 spiro atoms. The zero-order valence-corrected chi connectivity index (χ0v) is 17.4. The maximum Gasteiger partial charge on any atom is 0.233 e. The van der Waals surface area contributed by atoms with Crippen molar-refractivity contribution in [1.29, 1.82) is 0 Å². The number of nitrogens with one attached hydrogen (secondary N) is 1. The van der Waals surface area contributed by atoms with Crippen molar-refractivity contribution in [3.05, 3.63) is 72.0 Å². The lowest BCUT2D eigenvalue weighted by Gasteiger charge is -2.09. The van der Waals surface area contributed by atoms with Gasteiger partial charge < -0.3 is 9.52 Å². The predicted molar refractivity (Wildman–Crippen MR) is 122 cm³/mol. The number of amides is 1. The van der Waals surface area contributed by atoms with Gasteiger partial charge in [0.1, 0.15) is 11.4 Å². The van der Waals surface area contributed by atoms with Crippen molar-refractivity contribution < 1.29 is 14.3 Å². The summed E-state index contributed by atoms with van der Waals surface area (Å²) in [6, 6.07) is 13.4. The SMILES string of the molecule is CC(=O)Nc1oc(-c2ccc(-c3ccc(C)cc3)cc2O)nc1C1=CC=CCC1=S. The monoisotopic (exact) mass is 416 g/mol. The Hall–Kier alpha value is -3.51. The number of anilines is 1. The van der Waals surface area contributed by atoms with Crippen LogP contribution in [0, 0.1) is 6.92 Å². The van der Waals surface area contributed by atoms with Crippen molar-refractivity contribution >= 4 is 34.4 Å². The number of phenolic OH excluding ortho intramolecular Hbond substituents is 1. The molecule has 2 aromatic carbocycles. The van der Waals surface area contributed by atoms with Crippen LogP contribution in [0.25, 0.3) is 28.2 Å². The quantitative estimate of drug-likeness (QED) is 0.534. The van der Waals surface area contributed by atoms with Crippen molar-refractivity contribution in [2.24, 2.45) is 0 Å². The second-order valence-corrected chi connectivity index (χ2v) is 7.60. The van der Waals surface area contributed by atoms with Gasteiger partial charge in [-0.2, -0.15) is 0 Å². The number of carbonyl (C=O) groups is 1. The summed E-state index contributed by atoms with van der Waals surface area (Å²) in [5, 5.41) is 13.3. The van der Waals surface area contributed by atoms with Gasteiger partial charge in [0.05, 0.1) is 5.56 Å². The molecule has 30 heavy (non-hydrogen) atoms. The van der Waals surface area contributed by atoms with Crippen molar-refractivity contribution in [2.75, 3.05) is 5.32 Å². The lowest BCUT2D eigenvalue weighted by atomic mass is 10.0. The molecule has 0 atom stereocenters. The molecule has 0 fully saturated rings. The molecule has 1 aromatic heterocycles. The summed E-state index contributed by atoms with van der Waals surface area (Å²) in [6.45, 7) is 3.42. The topological polar surface area (TPSA) is 75.4 Å². The Labute approximate surface area is 179 Å². The number of rotatable bonds is 4. The lowest BCUT2D eigenvalue weighted by Crippen LogP contribution is -2.09. The van der Waals surface area contributed by atoms with Gasteiger partial charge >= 0.3 is 0 Å². The molecular weight excluding hydrogens is 396 g/mol. The van der Waals surface area contributed by atoms with Crippen molar-refractivity contribution in [3.8, 4) is 28.3 Å². The highest BCUT2D eigenvalue weighted by Crippen LogP contribution is 2.37. The first-order valence-corrected chi connectivity index (χ1v) is 9.92. The third-order valence-corrected chi connectivity index (χ3v) is 5.17. The zero-order valence-electron chi connectivity index (χ0n) is 16.6. The third kappa shape index (κ3) is 3.95. The standard InChI is InChI=1S/C24H20N2O3S/c1-14-7-9-16(10-8-14)17-11-12-18(20(28)13-17)23-26-22(24(29-23)25-15(2)27)19-5-3-4-6-21(19)30/h3-5,7-13,28H,6H2,1-2H3,(H,25,27). The third-order valence-electron chi connectivity index (χ3n) is 4.79. The van der Waals surface area contributed by atoms with E-state index >= 15 is 0 Å². The van der Waals surface area contributed by atoms with E-state index in [1.165, 1.54) is 12.5 Å². The van der Waals surface area contributed by atoms with Crippen LogP contribution in [0.5, 0.6) is 5.75 Å². The van der Waals surface area contributed by atoms with Crippen LogP contribution in [0.15, 0.2) is 65.1 Å². The van der Waals surface area contributed by atoms with Gasteiger partial charge in [-0.3, -0.25) is 10.1 Å². The van der Waals surface area contributed by atoms with Gasteiger partial charge in [-0.1, -0.05) is 66.3 Å². The fourth-order valence-electron chi connectivity index (χ4n) is 3.25. The molecule has 0 bridgehead atoms. The summed E-state index contributed by atoms with van der Waals surface area (Å²) in [6.07, 6.45) is 6.32. The van der Waals surface area contributed by atoms with Gasteiger partial charge in [-0.15, -0.1) is 0 Å². The molecule has 4 rings (SSSR count). The minimum Gasteiger partial charge on any atom is -0.507 e. The van der Waals surface area contributed by atoms with E-state index in [9.17, 15) is 9.90 Å². The number of hydrogen-bond acceptors (Lipinski definition) is 5. The van der Waals surface area contributed by atoms with Gasteiger partial charge in [0, 0.05) is 23.8 Å². The average molecular weight is 417 g/mol. The van der Waals surface area contributed by atoms with Crippen LogP contribution in [-0.2, 0) is 4.79 Å². The van der Waals surface area contributed by atoms with Crippen molar-refractivity contribution in [2.45, 2.75) is 20.3 Å². The Morgan fingerprint density at radius 3 is 2.57 bits per heavy atom. The zero-order chi connectivity index (χ0) is 21.3. The second kappa shape index (κ2) is 8.08. The Kier molecular flexibility index (Phi) is 5.33. The Morgan fingerprint density at radius 2 is 1.90 bits per heavy atom. The van der Waals surface area contributed by atoms with Crippen LogP contribution >= 0.6 is 12.2 Å². The molecule has 1 aliphatic carbocycles. The number of nitrogens with zero attached hydrogens (tertiary/aromatic N) is 1. The number of allylic oxidation sites excluding steroid dienone is 4. The predicted octanol–water partition coefficient (Wildman–Crippen LogP) is 5.69. The number of aryl methyl sites for hydroxylation is 1. The number of carbonyl (C=O) groups excluding carboxylic acids is 1. The number of aromatic hydroxyl groups is 1. The molecule has 0 radical (unpaired) electrons. The van der Waals surface area contributed by atoms with Crippen LogP contribution in [0.1, 0.15) is 24.6 Å². The van der Waals surface area contributed by atoms with Gasteiger partial charge in [-0.05, 0) is 30.2 Å². The number of thiocarbonyl (C=S) groups is 1.